The lowest BCUT2D eigenvalue weighted by molar-refractivity contribution is 0.00687. The summed E-state index contributed by atoms with van der Waals surface area (Å²) in [6.45, 7) is 9.76. The average molecular weight is 435 g/mol. The van der Waals surface area contributed by atoms with E-state index in [1.807, 2.05) is 52.0 Å². The van der Waals surface area contributed by atoms with Crippen LogP contribution in [0.15, 0.2) is 41.8 Å². The third kappa shape index (κ3) is 4.76. The number of thioether (sulfide) groups is 1. The van der Waals surface area contributed by atoms with Gasteiger partial charge in [0.25, 0.3) is 0 Å². The zero-order valence-electron chi connectivity index (χ0n) is 16.7. The minimum Gasteiger partial charge on any atom is -0.456 e. The van der Waals surface area contributed by atoms with Gasteiger partial charge in [0.05, 0.1) is 5.56 Å². The first-order valence-corrected chi connectivity index (χ1v) is 10.8. The lowest BCUT2D eigenvalue weighted by atomic mass is 9.89. The van der Waals surface area contributed by atoms with Gasteiger partial charge in [-0.05, 0) is 93.0 Å². The van der Waals surface area contributed by atoms with E-state index in [1.54, 1.807) is 17.8 Å². The summed E-state index contributed by atoms with van der Waals surface area (Å²) in [4.78, 5) is 12.4. The van der Waals surface area contributed by atoms with Crippen molar-refractivity contribution in [3.63, 3.8) is 0 Å². The summed E-state index contributed by atoms with van der Waals surface area (Å²) < 4.78 is 5.38. The summed E-state index contributed by atoms with van der Waals surface area (Å²) in [6.07, 6.45) is 0.861. The van der Waals surface area contributed by atoms with Crippen LogP contribution in [0, 0.1) is 6.92 Å². The number of hydrogen-bond acceptors (Lipinski definition) is 3. The Morgan fingerprint density at radius 1 is 1.11 bits per heavy atom. The number of aryl methyl sites for hydroxylation is 1. The zero-order valence-corrected chi connectivity index (χ0v) is 19.1. The molecule has 1 aliphatic rings. The monoisotopic (exact) mass is 434 g/mol. The molecule has 148 valence electrons. The maximum atomic E-state index is 12.4. The van der Waals surface area contributed by atoms with Crippen LogP contribution in [0.1, 0.15) is 61.2 Å². The summed E-state index contributed by atoms with van der Waals surface area (Å²) in [5.74, 6) is -0.287. The highest BCUT2D eigenvalue weighted by Gasteiger charge is 2.33. The molecule has 0 fully saturated rings. The van der Waals surface area contributed by atoms with Gasteiger partial charge in [0, 0.05) is 14.8 Å². The highest BCUT2D eigenvalue weighted by Crippen LogP contribution is 2.51. The Morgan fingerprint density at radius 2 is 1.75 bits per heavy atom. The number of rotatable bonds is 3. The molecular formula is C23H24Cl2O2S. The second kappa shape index (κ2) is 7.78. The van der Waals surface area contributed by atoms with Crippen LogP contribution in [0.3, 0.4) is 0 Å². The van der Waals surface area contributed by atoms with Crippen LogP contribution in [0.25, 0.3) is 5.57 Å². The molecule has 0 aromatic heterocycles. The van der Waals surface area contributed by atoms with E-state index in [4.69, 9.17) is 27.9 Å². The third-order valence-electron chi connectivity index (χ3n) is 4.68. The normalized spacial score (nSPS) is 19.5. The molecule has 0 radical (unpaired) electrons. The molecule has 2 aromatic carbocycles. The Kier molecular flexibility index (Phi) is 5.91. The van der Waals surface area contributed by atoms with Crippen molar-refractivity contribution in [2.45, 2.75) is 51.4 Å². The van der Waals surface area contributed by atoms with Crippen LogP contribution >= 0.6 is 35.0 Å². The summed E-state index contributed by atoms with van der Waals surface area (Å²) in [5, 5.41) is 3.49. The van der Waals surface area contributed by atoms with Crippen molar-refractivity contribution in [3.05, 3.63) is 74.1 Å². The predicted molar refractivity (Wildman–Crippen MR) is 120 cm³/mol. The Morgan fingerprint density at radius 3 is 2.32 bits per heavy atom. The fourth-order valence-electron chi connectivity index (χ4n) is 3.27. The van der Waals surface area contributed by atoms with Gasteiger partial charge < -0.3 is 4.74 Å². The van der Waals surface area contributed by atoms with E-state index < -0.39 is 5.60 Å². The van der Waals surface area contributed by atoms with Gasteiger partial charge in [-0.3, -0.25) is 0 Å². The standard InChI is InChI=1S/C23H24Cl2O2S/c1-14-8-15(6-7-20(14)21(26)27-22(2,3)4)16-12-23(5,28-13-16)17-9-18(24)11-19(25)10-17/h6-11,13H,12H2,1-5H3. The van der Waals surface area contributed by atoms with Crippen molar-refractivity contribution >= 4 is 46.5 Å². The lowest BCUT2D eigenvalue weighted by Crippen LogP contribution is -2.24. The number of benzene rings is 2. The van der Waals surface area contributed by atoms with Gasteiger partial charge in [-0.1, -0.05) is 35.3 Å². The van der Waals surface area contributed by atoms with Crippen molar-refractivity contribution in [2.24, 2.45) is 0 Å². The molecule has 1 atom stereocenters. The molecule has 0 aliphatic carbocycles. The largest absolute Gasteiger partial charge is 0.456 e. The summed E-state index contributed by atoms with van der Waals surface area (Å²) in [6, 6.07) is 11.6. The quantitative estimate of drug-likeness (QED) is 0.463. The van der Waals surface area contributed by atoms with Gasteiger partial charge in [-0.2, -0.15) is 0 Å². The fourth-order valence-corrected chi connectivity index (χ4v) is 4.91. The number of esters is 1. The van der Waals surface area contributed by atoms with E-state index in [0.29, 0.717) is 15.6 Å². The molecule has 1 aliphatic heterocycles. The molecule has 5 heteroatoms. The summed E-state index contributed by atoms with van der Waals surface area (Å²) in [7, 11) is 0. The smallest absolute Gasteiger partial charge is 0.338 e. The molecular weight excluding hydrogens is 411 g/mol. The first-order chi connectivity index (χ1) is 13.0. The number of carbonyl (C=O) groups is 1. The molecule has 2 aromatic rings. The average Bonchev–Trinajstić information content (AvgIpc) is 2.96. The Hall–Kier alpha value is -1.42. The van der Waals surface area contributed by atoms with E-state index in [2.05, 4.69) is 18.4 Å². The van der Waals surface area contributed by atoms with E-state index in [1.165, 1.54) is 5.57 Å². The van der Waals surface area contributed by atoms with Crippen molar-refractivity contribution in [1.29, 1.82) is 0 Å². The molecule has 0 amide bonds. The van der Waals surface area contributed by atoms with Crippen LogP contribution in [0.5, 0.6) is 0 Å². The van der Waals surface area contributed by atoms with Crippen molar-refractivity contribution in [1.82, 2.24) is 0 Å². The van der Waals surface area contributed by atoms with E-state index >= 15 is 0 Å². The Balaban J connectivity index is 1.82. The van der Waals surface area contributed by atoms with E-state index in [0.717, 1.165) is 23.1 Å². The van der Waals surface area contributed by atoms with E-state index in [9.17, 15) is 4.79 Å². The van der Waals surface area contributed by atoms with Gasteiger partial charge in [0.1, 0.15) is 5.60 Å². The second-order valence-electron chi connectivity index (χ2n) is 8.36. The fraction of sp³-hybridized carbons (Fsp3) is 0.348. The summed E-state index contributed by atoms with van der Waals surface area (Å²) in [5.41, 5.74) is 4.48. The van der Waals surface area contributed by atoms with Crippen molar-refractivity contribution < 1.29 is 9.53 Å². The van der Waals surface area contributed by atoms with E-state index in [-0.39, 0.29) is 10.7 Å². The van der Waals surface area contributed by atoms with Crippen LogP contribution in [0.2, 0.25) is 10.0 Å². The van der Waals surface area contributed by atoms with Crippen LogP contribution in [-0.4, -0.2) is 11.6 Å². The summed E-state index contributed by atoms with van der Waals surface area (Å²) >= 11 is 14.2. The Bertz CT molecular complexity index is 939. The molecule has 28 heavy (non-hydrogen) atoms. The van der Waals surface area contributed by atoms with Crippen LogP contribution in [0.4, 0.5) is 0 Å². The SMILES string of the molecule is Cc1cc(C2=CSC(C)(c3cc(Cl)cc(Cl)c3)C2)ccc1C(=O)OC(C)(C)C. The van der Waals surface area contributed by atoms with Crippen LogP contribution in [-0.2, 0) is 9.48 Å². The van der Waals surface area contributed by atoms with Crippen molar-refractivity contribution in [2.75, 3.05) is 0 Å². The van der Waals surface area contributed by atoms with Gasteiger partial charge in [-0.25, -0.2) is 4.79 Å². The number of carbonyl (C=O) groups excluding carboxylic acids is 1. The molecule has 1 heterocycles. The van der Waals surface area contributed by atoms with Crippen LogP contribution < -0.4 is 0 Å². The minimum absolute atomic E-state index is 0.123. The number of allylic oxidation sites excluding steroid dienone is 1. The predicted octanol–water partition coefficient (Wildman–Crippen LogP) is 7.65. The molecule has 1 unspecified atom stereocenters. The number of halogens is 2. The first-order valence-electron chi connectivity index (χ1n) is 9.15. The molecule has 0 bridgehead atoms. The van der Waals surface area contributed by atoms with Crippen molar-refractivity contribution in [3.8, 4) is 0 Å². The minimum atomic E-state index is -0.507. The maximum Gasteiger partial charge on any atom is 0.338 e. The van der Waals surface area contributed by atoms with Gasteiger partial charge >= 0.3 is 5.97 Å². The maximum absolute atomic E-state index is 12.4. The number of ether oxygens (including phenoxy) is 1. The molecule has 3 rings (SSSR count). The number of hydrogen-bond donors (Lipinski definition) is 0. The zero-order chi connectivity index (χ0) is 20.7. The second-order valence-corrected chi connectivity index (χ2v) is 10.6. The molecule has 0 spiro atoms. The molecule has 0 saturated heterocycles. The van der Waals surface area contributed by atoms with Gasteiger partial charge in [-0.15, -0.1) is 11.8 Å². The molecule has 2 nitrogen and oxygen atoms in total. The first kappa shape index (κ1) is 21.3. The van der Waals surface area contributed by atoms with Gasteiger partial charge in [0.2, 0.25) is 0 Å². The highest BCUT2D eigenvalue weighted by molar-refractivity contribution is 8.03. The molecule has 0 N–H and O–H groups in total. The topological polar surface area (TPSA) is 26.3 Å². The molecule has 0 saturated carbocycles. The Labute approximate surface area is 181 Å². The lowest BCUT2D eigenvalue weighted by Gasteiger charge is -2.25. The van der Waals surface area contributed by atoms with Gasteiger partial charge in [0.15, 0.2) is 0 Å². The highest BCUT2D eigenvalue weighted by atomic mass is 35.5. The third-order valence-corrected chi connectivity index (χ3v) is 6.42.